The molecule has 5 heteroatoms. The lowest BCUT2D eigenvalue weighted by Gasteiger charge is -2.05. The number of hydrogen-bond donors (Lipinski definition) is 2. The first-order valence-corrected chi connectivity index (χ1v) is 6.82. The highest BCUT2D eigenvalue weighted by atomic mass is 16.5. The van der Waals surface area contributed by atoms with Crippen molar-refractivity contribution in [1.29, 1.82) is 5.26 Å². The van der Waals surface area contributed by atoms with Gasteiger partial charge in [0.05, 0.1) is 19.2 Å². The molecule has 2 N–H and O–H groups in total. The molecule has 0 aromatic carbocycles. The summed E-state index contributed by atoms with van der Waals surface area (Å²) in [7, 11) is 3.72. The van der Waals surface area contributed by atoms with Crippen molar-refractivity contribution in [3.63, 3.8) is 0 Å². The van der Waals surface area contributed by atoms with Gasteiger partial charge in [0.1, 0.15) is 5.76 Å². The Morgan fingerprint density at radius 3 is 2.76 bits per heavy atom. The van der Waals surface area contributed by atoms with Crippen LogP contribution in [0, 0.1) is 11.3 Å². The van der Waals surface area contributed by atoms with Gasteiger partial charge in [0.2, 0.25) is 5.90 Å². The molecule has 0 unspecified atom stereocenters. The summed E-state index contributed by atoms with van der Waals surface area (Å²) in [6.07, 6.45) is 12.1. The van der Waals surface area contributed by atoms with E-state index in [1.165, 1.54) is 0 Å². The zero-order valence-corrected chi connectivity index (χ0v) is 12.8. The Bertz CT molecular complexity index is 442. The Balaban J connectivity index is 4.69. The van der Waals surface area contributed by atoms with Gasteiger partial charge in [-0.3, -0.25) is 0 Å². The largest absolute Gasteiger partial charge is 0.439 e. The third-order valence-electron chi connectivity index (χ3n) is 2.24. The molecule has 0 aromatic heterocycles. The number of nitrogens with zero attached hydrogens (tertiary/aromatic N) is 2. The van der Waals surface area contributed by atoms with E-state index >= 15 is 0 Å². The smallest absolute Gasteiger partial charge is 0.215 e. The number of aliphatic imine (C=N–C) groups is 1. The highest BCUT2D eigenvalue weighted by Gasteiger charge is 1.98. The third-order valence-corrected chi connectivity index (χ3v) is 2.24. The standard InChI is InChI=1S/C16H24N4O/c1-4-15(10-6-5-9-13-18-2)21-16(20-14-19-3)11-7-8-12-17/h4-7,10-11,18-19H,1,8-9,13-14H2,2-3H3/b6-5+,11-7-,15-10+,20-16?. The highest BCUT2D eigenvalue weighted by Crippen LogP contribution is 2.03. The Morgan fingerprint density at radius 1 is 1.33 bits per heavy atom. The van der Waals surface area contributed by atoms with E-state index in [2.05, 4.69) is 22.2 Å². The molecule has 21 heavy (non-hydrogen) atoms. The van der Waals surface area contributed by atoms with Gasteiger partial charge in [0.25, 0.3) is 0 Å². The van der Waals surface area contributed by atoms with Crippen molar-refractivity contribution in [2.45, 2.75) is 12.8 Å². The normalized spacial score (nSPS) is 12.8. The Morgan fingerprint density at radius 2 is 2.14 bits per heavy atom. The minimum Gasteiger partial charge on any atom is -0.439 e. The zero-order valence-electron chi connectivity index (χ0n) is 12.8. The summed E-state index contributed by atoms with van der Waals surface area (Å²) >= 11 is 0. The summed E-state index contributed by atoms with van der Waals surface area (Å²) < 4.78 is 5.64. The quantitative estimate of drug-likeness (QED) is 0.213. The molecule has 0 atom stereocenters. The van der Waals surface area contributed by atoms with Crippen LogP contribution in [-0.2, 0) is 4.74 Å². The van der Waals surface area contributed by atoms with E-state index in [0.717, 1.165) is 13.0 Å². The molecule has 0 aromatic rings. The first kappa shape index (κ1) is 18.8. The lowest BCUT2D eigenvalue weighted by Crippen LogP contribution is -2.09. The summed E-state index contributed by atoms with van der Waals surface area (Å²) in [5.74, 6) is 1.04. The molecular weight excluding hydrogens is 264 g/mol. The van der Waals surface area contributed by atoms with Crippen LogP contribution in [-0.4, -0.2) is 33.2 Å². The van der Waals surface area contributed by atoms with Gasteiger partial charge in [-0.05, 0) is 45.3 Å². The zero-order chi connectivity index (χ0) is 15.8. The van der Waals surface area contributed by atoms with Crippen molar-refractivity contribution in [1.82, 2.24) is 10.6 Å². The topological polar surface area (TPSA) is 69.4 Å². The second-order valence-corrected chi connectivity index (χ2v) is 3.97. The maximum atomic E-state index is 8.53. The highest BCUT2D eigenvalue weighted by molar-refractivity contribution is 5.88. The molecule has 0 heterocycles. The Kier molecular flexibility index (Phi) is 12.8. The van der Waals surface area contributed by atoms with Crippen LogP contribution in [0.4, 0.5) is 0 Å². The molecule has 0 saturated carbocycles. The summed E-state index contributed by atoms with van der Waals surface area (Å²) in [5.41, 5.74) is 0. The Hall–Kier alpha value is -2.16. The van der Waals surface area contributed by atoms with Crippen LogP contribution in [0.2, 0.25) is 0 Å². The molecule has 0 aliphatic carbocycles. The maximum absolute atomic E-state index is 8.53. The average Bonchev–Trinajstić information content (AvgIpc) is 2.50. The van der Waals surface area contributed by atoms with E-state index in [4.69, 9.17) is 10.00 Å². The number of allylic oxidation sites excluding steroid dienone is 4. The SMILES string of the molecule is C=C/C(=C\C=C\CCNC)OC(/C=C\CC#N)=NCNC. The van der Waals surface area contributed by atoms with Gasteiger partial charge >= 0.3 is 0 Å². The van der Waals surface area contributed by atoms with Crippen molar-refractivity contribution < 1.29 is 4.74 Å². The molecule has 0 aliphatic heterocycles. The van der Waals surface area contributed by atoms with Crippen LogP contribution in [0.1, 0.15) is 12.8 Å². The summed E-state index contributed by atoms with van der Waals surface area (Å²) in [4.78, 5) is 4.22. The van der Waals surface area contributed by atoms with Gasteiger partial charge in [-0.2, -0.15) is 5.26 Å². The third kappa shape index (κ3) is 11.4. The molecule has 0 aliphatic rings. The van der Waals surface area contributed by atoms with Crippen LogP contribution >= 0.6 is 0 Å². The van der Waals surface area contributed by atoms with Gasteiger partial charge in [-0.1, -0.05) is 24.8 Å². The van der Waals surface area contributed by atoms with Gasteiger partial charge in [0, 0.05) is 0 Å². The minimum atomic E-state index is 0.318. The molecule has 0 bridgehead atoms. The van der Waals surface area contributed by atoms with E-state index in [-0.39, 0.29) is 0 Å². The van der Waals surface area contributed by atoms with Crippen molar-refractivity contribution >= 4 is 5.90 Å². The second kappa shape index (κ2) is 14.3. The number of nitrogens with one attached hydrogen (secondary N) is 2. The van der Waals surface area contributed by atoms with Crippen LogP contribution in [0.5, 0.6) is 0 Å². The lowest BCUT2D eigenvalue weighted by atomic mass is 10.3. The molecule has 0 amide bonds. The summed E-state index contributed by atoms with van der Waals surface area (Å²) in [6.45, 7) is 5.09. The van der Waals surface area contributed by atoms with E-state index < -0.39 is 0 Å². The lowest BCUT2D eigenvalue weighted by molar-refractivity contribution is 0.435. The molecule has 0 fully saturated rings. The van der Waals surface area contributed by atoms with Gasteiger partial charge < -0.3 is 15.4 Å². The number of ether oxygens (including phenoxy) is 1. The second-order valence-electron chi connectivity index (χ2n) is 3.97. The van der Waals surface area contributed by atoms with Crippen LogP contribution in [0.3, 0.4) is 0 Å². The number of nitriles is 1. The summed E-state index contributed by atoms with van der Waals surface area (Å²) in [6, 6.07) is 2.04. The number of hydrogen-bond acceptors (Lipinski definition) is 5. The first-order chi connectivity index (χ1) is 10.3. The number of rotatable bonds is 10. The predicted octanol–water partition coefficient (Wildman–Crippen LogP) is 2.28. The van der Waals surface area contributed by atoms with Crippen LogP contribution < -0.4 is 10.6 Å². The van der Waals surface area contributed by atoms with Crippen LogP contribution in [0.15, 0.2) is 53.8 Å². The average molecular weight is 288 g/mol. The molecule has 0 saturated heterocycles. The summed E-state index contributed by atoms with van der Waals surface area (Å²) in [5, 5.41) is 14.5. The van der Waals surface area contributed by atoms with Crippen LogP contribution in [0.25, 0.3) is 0 Å². The van der Waals surface area contributed by atoms with E-state index in [1.54, 1.807) is 25.3 Å². The predicted molar refractivity (Wildman–Crippen MR) is 87.8 cm³/mol. The minimum absolute atomic E-state index is 0.318. The van der Waals surface area contributed by atoms with E-state index in [0.29, 0.717) is 24.7 Å². The molecule has 0 radical (unpaired) electrons. The first-order valence-electron chi connectivity index (χ1n) is 6.82. The van der Waals surface area contributed by atoms with E-state index in [9.17, 15) is 0 Å². The molecule has 5 nitrogen and oxygen atoms in total. The fourth-order valence-electron chi connectivity index (χ4n) is 1.24. The molecule has 114 valence electrons. The van der Waals surface area contributed by atoms with Crippen molar-refractivity contribution in [2.24, 2.45) is 4.99 Å². The van der Waals surface area contributed by atoms with Crippen molar-refractivity contribution in [2.75, 3.05) is 27.3 Å². The fraction of sp³-hybridized carbons (Fsp3) is 0.375. The monoisotopic (exact) mass is 288 g/mol. The fourth-order valence-corrected chi connectivity index (χ4v) is 1.24. The van der Waals surface area contributed by atoms with Gasteiger partial charge in [-0.15, -0.1) is 0 Å². The molecular formula is C16H24N4O. The molecule has 0 rings (SSSR count). The maximum Gasteiger partial charge on any atom is 0.215 e. The Labute approximate surface area is 127 Å². The van der Waals surface area contributed by atoms with Gasteiger partial charge in [-0.25, -0.2) is 4.99 Å². The molecule has 0 spiro atoms. The van der Waals surface area contributed by atoms with Crippen molar-refractivity contribution in [3.05, 3.63) is 48.8 Å². The van der Waals surface area contributed by atoms with Gasteiger partial charge in [0.15, 0.2) is 0 Å². The van der Waals surface area contributed by atoms with E-state index in [1.807, 2.05) is 31.3 Å². The van der Waals surface area contributed by atoms with Crippen molar-refractivity contribution in [3.8, 4) is 6.07 Å².